The SMILES string of the molecule is O=C1c2ccc([N+](=O)[O-])cc2C(=O)N1CCN(CCN1C(=O)c2ccc([N+](=O)[O-])cc2C1=O)c1ccc(/C=C/c2ccc([N+](=O)[O-])cc2)cc1. The van der Waals surface area contributed by atoms with Crippen LogP contribution in [-0.4, -0.2) is 74.4 Å². The highest BCUT2D eigenvalue weighted by Gasteiger charge is 2.38. The molecule has 0 radical (unpaired) electrons. The van der Waals surface area contributed by atoms with Gasteiger partial charge in [-0.2, -0.15) is 0 Å². The number of nitro benzene ring substituents is 3. The monoisotopic (exact) mass is 676 g/mol. The van der Waals surface area contributed by atoms with Crippen molar-refractivity contribution in [1.29, 1.82) is 0 Å². The van der Waals surface area contributed by atoms with Gasteiger partial charge in [0.25, 0.3) is 40.7 Å². The summed E-state index contributed by atoms with van der Waals surface area (Å²) in [5.74, 6) is -2.62. The third-order valence-electron chi connectivity index (χ3n) is 8.35. The lowest BCUT2D eigenvalue weighted by Gasteiger charge is -2.28. The number of anilines is 1. The van der Waals surface area contributed by atoms with Gasteiger partial charge < -0.3 is 4.90 Å². The molecule has 4 aromatic carbocycles. The Kier molecular flexibility index (Phi) is 8.66. The van der Waals surface area contributed by atoms with E-state index in [9.17, 15) is 49.5 Å². The summed E-state index contributed by atoms with van der Waals surface area (Å²) < 4.78 is 0. The van der Waals surface area contributed by atoms with E-state index in [1.807, 2.05) is 0 Å². The number of carbonyl (C=O) groups is 4. The Morgan fingerprint density at radius 3 is 1.26 bits per heavy atom. The molecule has 2 heterocycles. The summed E-state index contributed by atoms with van der Waals surface area (Å²) in [4.78, 5) is 87.8. The first-order valence-electron chi connectivity index (χ1n) is 15.0. The Balaban J connectivity index is 1.21. The van der Waals surface area contributed by atoms with Crippen LogP contribution in [0.15, 0.2) is 84.9 Å². The van der Waals surface area contributed by atoms with Crippen molar-refractivity contribution in [2.75, 3.05) is 31.1 Å². The highest BCUT2D eigenvalue weighted by molar-refractivity contribution is 6.22. The first-order chi connectivity index (χ1) is 23.9. The van der Waals surface area contributed by atoms with E-state index in [0.29, 0.717) is 5.69 Å². The van der Waals surface area contributed by atoms with Crippen molar-refractivity contribution in [3.05, 3.63) is 149 Å². The quantitative estimate of drug-likeness (QED) is 0.0846. The maximum atomic E-state index is 13.1. The number of non-ortho nitro benzene ring substituents is 3. The molecule has 50 heavy (non-hydrogen) atoms. The van der Waals surface area contributed by atoms with Crippen LogP contribution in [0.4, 0.5) is 22.7 Å². The average Bonchev–Trinajstić information content (AvgIpc) is 3.50. The molecular weight excluding hydrogens is 652 g/mol. The summed E-state index contributed by atoms with van der Waals surface area (Å²) in [5.41, 5.74) is 1.33. The number of hydrogen-bond acceptors (Lipinski definition) is 11. The van der Waals surface area contributed by atoms with E-state index in [2.05, 4.69) is 0 Å². The Bertz CT molecular complexity index is 2050. The summed E-state index contributed by atoms with van der Waals surface area (Å²) in [6, 6.07) is 20.0. The van der Waals surface area contributed by atoms with Crippen LogP contribution in [0.1, 0.15) is 52.6 Å². The largest absolute Gasteiger partial charge is 0.368 e. The molecule has 0 aromatic heterocycles. The molecular formula is C34H24N6O10. The van der Waals surface area contributed by atoms with Crippen molar-refractivity contribution >= 4 is 58.5 Å². The van der Waals surface area contributed by atoms with Crippen molar-refractivity contribution in [2.45, 2.75) is 0 Å². The zero-order valence-corrected chi connectivity index (χ0v) is 25.8. The number of fused-ring (bicyclic) bond motifs is 2. The predicted molar refractivity (Wildman–Crippen MR) is 178 cm³/mol. The zero-order valence-electron chi connectivity index (χ0n) is 25.8. The summed E-state index contributed by atoms with van der Waals surface area (Å²) in [7, 11) is 0. The van der Waals surface area contributed by atoms with Crippen LogP contribution >= 0.6 is 0 Å². The second-order valence-electron chi connectivity index (χ2n) is 11.3. The van der Waals surface area contributed by atoms with Crippen LogP contribution in [0.5, 0.6) is 0 Å². The maximum Gasteiger partial charge on any atom is 0.270 e. The highest BCUT2D eigenvalue weighted by atomic mass is 16.6. The van der Waals surface area contributed by atoms with Gasteiger partial charge in [-0.05, 0) is 47.5 Å². The maximum absolute atomic E-state index is 13.1. The van der Waals surface area contributed by atoms with Gasteiger partial charge in [-0.25, -0.2) is 0 Å². The van der Waals surface area contributed by atoms with E-state index in [1.54, 1.807) is 53.5 Å². The van der Waals surface area contributed by atoms with Gasteiger partial charge in [-0.15, -0.1) is 0 Å². The van der Waals surface area contributed by atoms with E-state index in [1.165, 1.54) is 24.3 Å². The summed E-state index contributed by atoms with van der Waals surface area (Å²) >= 11 is 0. The molecule has 16 heteroatoms. The molecule has 0 unspecified atom stereocenters. The van der Waals surface area contributed by atoms with Gasteiger partial charge in [0.1, 0.15) is 0 Å². The van der Waals surface area contributed by atoms with Crippen molar-refractivity contribution in [2.24, 2.45) is 0 Å². The average molecular weight is 677 g/mol. The number of carbonyl (C=O) groups excluding carboxylic acids is 4. The number of nitro groups is 3. The minimum Gasteiger partial charge on any atom is -0.368 e. The van der Waals surface area contributed by atoms with Crippen molar-refractivity contribution in [1.82, 2.24) is 9.80 Å². The molecule has 0 fully saturated rings. The Morgan fingerprint density at radius 1 is 0.500 bits per heavy atom. The van der Waals surface area contributed by atoms with Crippen LogP contribution in [0.25, 0.3) is 12.2 Å². The fourth-order valence-electron chi connectivity index (χ4n) is 5.70. The van der Waals surface area contributed by atoms with Crippen molar-refractivity contribution < 1.29 is 33.9 Å². The lowest BCUT2D eigenvalue weighted by atomic mass is 10.1. The predicted octanol–water partition coefficient (Wildman–Crippen LogP) is 4.98. The van der Waals surface area contributed by atoms with Crippen LogP contribution in [0, 0.1) is 30.3 Å². The Labute approximate surface area is 281 Å². The Hall–Kier alpha value is -7.10. The van der Waals surface area contributed by atoms with Gasteiger partial charge in [0.2, 0.25) is 0 Å². The molecule has 0 aliphatic carbocycles. The van der Waals surface area contributed by atoms with E-state index >= 15 is 0 Å². The summed E-state index contributed by atoms with van der Waals surface area (Å²) in [5, 5.41) is 33.4. The fraction of sp³-hybridized carbons (Fsp3) is 0.118. The van der Waals surface area contributed by atoms with Crippen molar-refractivity contribution in [3.8, 4) is 0 Å². The molecule has 0 spiro atoms. The van der Waals surface area contributed by atoms with Gasteiger partial charge in [0.05, 0.1) is 37.0 Å². The third kappa shape index (κ3) is 6.27. The minimum absolute atomic E-state index is 0.0309. The summed E-state index contributed by atoms with van der Waals surface area (Å²) in [6.45, 7) is -0.146. The molecule has 4 aromatic rings. The van der Waals surface area contributed by atoms with Crippen LogP contribution in [0.2, 0.25) is 0 Å². The van der Waals surface area contributed by atoms with Gasteiger partial charge in [0, 0.05) is 68.3 Å². The molecule has 250 valence electrons. The number of hydrogen-bond donors (Lipinski definition) is 0. The van der Waals surface area contributed by atoms with Gasteiger partial charge in [0.15, 0.2) is 0 Å². The second kappa shape index (κ2) is 13.2. The molecule has 16 nitrogen and oxygen atoms in total. The Morgan fingerprint density at radius 2 is 0.860 bits per heavy atom. The number of imide groups is 2. The van der Waals surface area contributed by atoms with E-state index in [0.717, 1.165) is 45.2 Å². The number of amides is 4. The van der Waals surface area contributed by atoms with Crippen LogP contribution in [-0.2, 0) is 0 Å². The van der Waals surface area contributed by atoms with Gasteiger partial charge in [-0.1, -0.05) is 24.3 Å². The van der Waals surface area contributed by atoms with Gasteiger partial charge >= 0.3 is 0 Å². The normalized spacial score (nSPS) is 13.6. The number of rotatable bonds is 12. The zero-order chi connectivity index (χ0) is 35.7. The molecule has 0 atom stereocenters. The smallest absolute Gasteiger partial charge is 0.270 e. The van der Waals surface area contributed by atoms with E-state index in [-0.39, 0.29) is 65.5 Å². The lowest BCUT2D eigenvalue weighted by Crippen LogP contribution is -2.42. The standard InChI is InChI=1S/C34H24N6O10/c41-31-27-13-11-25(39(47)48)19-29(27)33(43)36(31)17-15-35(16-18-37-32(42)28-14-12-26(40(49)50)20-30(28)34(37)44)23-7-3-21(4-8-23)1-2-22-5-9-24(10-6-22)38(45)46/h1-14,19-20H,15-18H2/b2-1+. The second-order valence-corrected chi connectivity index (χ2v) is 11.3. The van der Waals surface area contributed by atoms with E-state index in [4.69, 9.17) is 0 Å². The molecule has 0 saturated carbocycles. The van der Waals surface area contributed by atoms with Crippen LogP contribution in [0.3, 0.4) is 0 Å². The molecule has 0 N–H and O–H groups in total. The molecule has 6 rings (SSSR count). The number of nitrogens with zero attached hydrogens (tertiary/aromatic N) is 6. The minimum atomic E-state index is -0.692. The summed E-state index contributed by atoms with van der Waals surface area (Å²) in [6.07, 6.45) is 3.57. The first-order valence-corrected chi connectivity index (χ1v) is 15.0. The topological polar surface area (TPSA) is 207 Å². The molecule has 4 amide bonds. The van der Waals surface area contributed by atoms with Crippen molar-refractivity contribution in [3.63, 3.8) is 0 Å². The van der Waals surface area contributed by atoms with E-state index < -0.39 is 38.4 Å². The van der Waals surface area contributed by atoms with Gasteiger partial charge in [-0.3, -0.25) is 59.3 Å². The molecule has 2 aliphatic rings. The molecule has 0 saturated heterocycles. The number of benzene rings is 4. The highest BCUT2D eigenvalue weighted by Crippen LogP contribution is 2.29. The molecule has 0 bridgehead atoms. The molecule has 2 aliphatic heterocycles. The van der Waals surface area contributed by atoms with Crippen LogP contribution < -0.4 is 4.90 Å². The fourth-order valence-corrected chi connectivity index (χ4v) is 5.70. The first kappa shape index (κ1) is 32.8. The third-order valence-corrected chi connectivity index (χ3v) is 8.35. The lowest BCUT2D eigenvalue weighted by molar-refractivity contribution is -0.385.